The molecular weight excluding hydrogens is 303 g/mol. The molecule has 0 amide bonds. The van der Waals surface area contributed by atoms with E-state index >= 15 is 0 Å². The molecule has 0 aromatic heterocycles. The van der Waals surface area contributed by atoms with Crippen LogP contribution in [-0.4, -0.2) is 0 Å². The highest BCUT2D eigenvalue weighted by atomic mass is 35.5. The van der Waals surface area contributed by atoms with Crippen LogP contribution in [0.3, 0.4) is 0 Å². The van der Waals surface area contributed by atoms with Crippen molar-refractivity contribution >= 4 is 11.6 Å². The third-order valence-electron chi connectivity index (χ3n) is 2.74. The van der Waals surface area contributed by atoms with Gasteiger partial charge in [0.1, 0.15) is 12.4 Å². The van der Waals surface area contributed by atoms with Crippen molar-refractivity contribution in [2.45, 2.75) is 12.8 Å². The maximum Gasteiger partial charge on any atom is 0.416 e. The fourth-order valence-corrected chi connectivity index (χ4v) is 1.89. The van der Waals surface area contributed by atoms with Crippen molar-refractivity contribution in [3.8, 4) is 11.8 Å². The van der Waals surface area contributed by atoms with Gasteiger partial charge in [-0.3, -0.25) is 0 Å². The largest absolute Gasteiger partial charge is 0.489 e. The van der Waals surface area contributed by atoms with Gasteiger partial charge in [0.15, 0.2) is 0 Å². The Bertz CT molecular complexity index is 692. The monoisotopic (exact) mass is 311 g/mol. The van der Waals surface area contributed by atoms with Crippen molar-refractivity contribution in [1.29, 1.82) is 5.26 Å². The number of ether oxygens (including phenoxy) is 1. The van der Waals surface area contributed by atoms with E-state index in [-0.39, 0.29) is 12.4 Å². The average Bonchev–Trinajstić information content (AvgIpc) is 2.45. The molecule has 0 radical (unpaired) electrons. The van der Waals surface area contributed by atoms with Gasteiger partial charge >= 0.3 is 6.18 Å². The molecule has 21 heavy (non-hydrogen) atoms. The molecule has 0 aliphatic heterocycles. The Balaban J connectivity index is 2.12. The first-order valence-corrected chi connectivity index (χ1v) is 6.26. The van der Waals surface area contributed by atoms with Crippen LogP contribution in [-0.2, 0) is 12.8 Å². The Morgan fingerprint density at radius 1 is 1.14 bits per heavy atom. The van der Waals surface area contributed by atoms with Crippen LogP contribution in [0, 0.1) is 11.3 Å². The molecule has 0 aliphatic rings. The summed E-state index contributed by atoms with van der Waals surface area (Å²) in [6.45, 7) is 0.0197. The Morgan fingerprint density at radius 2 is 1.90 bits per heavy atom. The van der Waals surface area contributed by atoms with Crippen molar-refractivity contribution in [1.82, 2.24) is 0 Å². The van der Waals surface area contributed by atoms with E-state index in [2.05, 4.69) is 0 Å². The molecule has 0 fully saturated rings. The summed E-state index contributed by atoms with van der Waals surface area (Å²) in [5, 5.41) is 9.06. The third kappa shape index (κ3) is 3.89. The lowest BCUT2D eigenvalue weighted by Crippen LogP contribution is -2.05. The normalized spacial score (nSPS) is 11.0. The third-order valence-corrected chi connectivity index (χ3v) is 3.09. The predicted molar refractivity (Wildman–Crippen MR) is 71.9 cm³/mol. The number of hydrogen-bond acceptors (Lipinski definition) is 2. The second-order valence-corrected chi connectivity index (χ2v) is 4.64. The van der Waals surface area contributed by atoms with Crippen molar-refractivity contribution < 1.29 is 17.9 Å². The maximum atomic E-state index is 12.6. The Morgan fingerprint density at radius 3 is 2.52 bits per heavy atom. The fourth-order valence-electron chi connectivity index (χ4n) is 1.66. The Hall–Kier alpha value is -2.19. The molecule has 2 rings (SSSR count). The van der Waals surface area contributed by atoms with Crippen molar-refractivity contribution in [3.63, 3.8) is 0 Å². The van der Waals surface area contributed by atoms with Crippen LogP contribution in [0.25, 0.3) is 0 Å². The molecule has 6 heteroatoms. The number of alkyl halides is 3. The van der Waals surface area contributed by atoms with E-state index in [1.165, 1.54) is 18.2 Å². The lowest BCUT2D eigenvalue weighted by Gasteiger charge is -2.11. The summed E-state index contributed by atoms with van der Waals surface area (Å²) >= 11 is 5.97. The predicted octanol–water partition coefficient (Wildman–Crippen LogP) is 4.81. The second-order valence-electron chi connectivity index (χ2n) is 4.23. The molecule has 0 aliphatic carbocycles. The van der Waals surface area contributed by atoms with Crippen molar-refractivity contribution in [2.24, 2.45) is 0 Å². The van der Waals surface area contributed by atoms with Crippen LogP contribution in [0.4, 0.5) is 13.2 Å². The zero-order valence-electron chi connectivity index (χ0n) is 10.6. The maximum absolute atomic E-state index is 12.6. The standard InChI is InChI=1S/C15H9ClF3NO/c16-14-6-10(8-20)4-5-11(14)9-21-13-3-1-2-12(7-13)15(17,18)19/h1-7H,9H2. The van der Waals surface area contributed by atoms with Gasteiger partial charge in [-0.05, 0) is 30.3 Å². The zero-order valence-corrected chi connectivity index (χ0v) is 11.4. The summed E-state index contributed by atoms with van der Waals surface area (Å²) in [6.07, 6.45) is -4.41. The van der Waals surface area contributed by atoms with Crippen molar-refractivity contribution in [3.05, 3.63) is 64.2 Å². The summed E-state index contributed by atoms with van der Waals surface area (Å²) in [5.41, 5.74) is 0.224. The Labute approximate surface area is 124 Å². The van der Waals surface area contributed by atoms with Gasteiger partial charge in [-0.1, -0.05) is 23.7 Å². The lowest BCUT2D eigenvalue weighted by atomic mass is 10.1. The molecule has 0 atom stereocenters. The summed E-state index contributed by atoms with van der Waals surface area (Å²) < 4.78 is 43.0. The number of rotatable bonds is 3. The zero-order chi connectivity index (χ0) is 15.5. The summed E-state index contributed by atoms with van der Waals surface area (Å²) in [6, 6.07) is 11.2. The first-order valence-electron chi connectivity index (χ1n) is 5.89. The smallest absolute Gasteiger partial charge is 0.416 e. The first-order chi connectivity index (χ1) is 9.90. The summed E-state index contributed by atoms with van der Waals surface area (Å²) in [4.78, 5) is 0. The molecule has 0 spiro atoms. The van der Waals surface area contributed by atoms with Gasteiger partial charge in [0, 0.05) is 10.6 Å². The minimum atomic E-state index is -4.41. The highest BCUT2D eigenvalue weighted by molar-refractivity contribution is 6.31. The van der Waals surface area contributed by atoms with Gasteiger partial charge in [0.05, 0.1) is 17.2 Å². The minimum absolute atomic E-state index is 0.0197. The van der Waals surface area contributed by atoms with E-state index in [0.29, 0.717) is 16.1 Å². The van der Waals surface area contributed by atoms with Gasteiger partial charge in [-0.25, -0.2) is 0 Å². The summed E-state index contributed by atoms with van der Waals surface area (Å²) in [7, 11) is 0. The van der Waals surface area contributed by atoms with Gasteiger partial charge in [-0.2, -0.15) is 18.4 Å². The number of benzene rings is 2. The molecule has 2 aromatic carbocycles. The van der Waals surface area contributed by atoms with E-state index in [4.69, 9.17) is 21.6 Å². The first kappa shape index (κ1) is 15.2. The number of nitriles is 1. The van der Waals surface area contributed by atoms with Crippen LogP contribution in [0.15, 0.2) is 42.5 Å². The van der Waals surface area contributed by atoms with Crippen LogP contribution in [0.2, 0.25) is 5.02 Å². The molecule has 2 nitrogen and oxygen atoms in total. The van der Waals surface area contributed by atoms with Crippen molar-refractivity contribution in [2.75, 3.05) is 0 Å². The molecule has 0 saturated carbocycles. The molecule has 0 heterocycles. The molecule has 0 saturated heterocycles. The molecule has 108 valence electrons. The highest BCUT2D eigenvalue weighted by Crippen LogP contribution is 2.31. The minimum Gasteiger partial charge on any atom is -0.489 e. The SMILES string of the molecule is N#Cc1ccc(COc2cccc(C(F)(F)F)c2)c(Cl)c1. The van der Waals surface area contributed by atoms with Crippen LogP contribution >= 0.6 is 11.6 Å². The highest BCUT2D eigenvalue weighted by Gasteiger charge is 2.30. The lowest BCUT2D eigenvalue weighted by molar-refractivity contribution is -0.137. The Kier molecular flexibility index (Phi) is 4.39. The molecule has 0 bridgehead atoms. The van der Waals surface area contributed by atoms with Gasteiger partial charge in [0.25, 0.3) is 0 Å². The average molecular weight is 312 g/mol. The fraction of sp³-hybridized carbons (Fsp3) is 0.133. The number of hydrogen-bond donors (Lipinski definition) is 0. The molecule has 2 aromatic rings. The summed E-state index contributed by atoms with van der Waals surface area (Å²) in [5.74, 6) is 0.102. The van der Waals surface area contributed by atoms with E-state index < -0.39 is 11.7 Å². The van der Waals surface area contributed by atoms with E-state index in [1.807, 2.05) is 6.07 Å². The van der Waals surface area contributed by atoms with Gasteiger partial charge < -0.3 is 4.74 Å². The molecule has 0 unspecified atom stereocenters. The van der Waals surface area contributed by atoms with Gasteiger partial charge in [0.2, 0.25) is 0 Å². The van der Waals surface area contributed by atoms with Crippen LogP contribution in [0.5, 0.6) is 5.75 Å². The quantitative estimate of drug-likeness (QED) is 0.815. The topological polar surface area (TPSA) is 33.0 Å². The van der Waals surface area contributed by atoms with Crippen LogP contribution < -0.4 is 4.74 Å². The number of halogens is 4. The van der Waals surface area contributed by atoms with E-state index in [1.54, 1.807) is 12.1 Å². The second kappa shape index (κ2) is 6.06. The molecule has 0 N–H and O–H groups in total. The van der Waals surface area contributed by atoms with E-state index in [9.17, 15) is 13.2 Å². The van der Waals surface area contributed by atoms with Gasteiger partial charge in [-0.15, -0.1) is 0 Å². The number of nitrogens with zero attached hydrogens (tertiary/aromatic N) is 1. The molecular formula is C15H9ClF3NO. The van der Waals surface area contributed by atoms with Crippen LogP contribution in [0.1, 0.15) is 16.7 Å². The van der Waals surface area contributed by atoms with E-state index in [0.717, 1.165) is 12.1 Å².